The summed E-state index contributed by atoms with van der Waals surface area (Å²) in [7, 11) is 2.63. The first-order valence-electron chi connectivity index (χ1n) is 14.6. The number of carbonyl (C=O) groups is 2. The summed E-state index contributed by atoms with van der Waals surface area (Å²) < 4.78 is 85.5. The maximum Gasteiger partial charge on any atom is 0.435 e. The van der Waals surface area contributed by atoms with E-state index in [-0.39, 0.29) is 25.0 Å². The van der Waals surface area contributed by atoms with Gasteiger partial charge < -0.3 is 20.5 Å². The van der Waals surface area contributed by atoms with Crippen molar-refractivity contribution in [2.45, 2.75) is 63.3 Å². The Hall–Kier alpha value is -3.97. The second kappa shape index (κ2) is 18.1. The van der Waals surface area contributed by atoms with Crippen LogP contribution in [-0.2, 0) is 44.4 Å². The van der Waals surface area contributed by atoms with Crippen LogP contribution in [-0.4, -0.2) is 46.5 Å². The summed E-state index contributed by atoms with van der Waals surface area (Å²) >= 11 is 2.34. The number of anilines is 2. The van der Waals surface area contributed by atoms with Crippen LogP contribution in [0.2, 0.25) is 0 Å². The number of hydrogen-bond donors (Lipinski definition) is 3. The van der Waals surface area contributed by atoms with Crippen molar-refractivity contribution in [1.82, 2.24) is 19.6 Å². The molecule has 0 aliphatic heterocycles. The normalized spacial score (nSPS) is 11.4. The maximum atomic E-state index is 13.0. The van der Waals surface area contributed by atoms with Crippen LogP contribution in [0.5, 0.6) is 0 Å². The van der Waals surface area contributed by atoms with Gasteiger partial charge in [-0.05, 0) is 26.0 Å². The van der Waals surface area contributed by atoms with Gasteiger partial charge in [-0.15, -0.1) is 0 Å². The first kappa shape index (κ1) is 41.2. The minimum Gasteiger partial charge on any atom is -0.392 e. The Labute approximate surface area is 293 Å². The summed E-state index contributed by atoms with van der Waals surface area (Å²) in [5, 5.41) is 20.6. The number of aryl methyl sites for hydroxylation is 2. The van der Waals surface area contributed by atoms with Crippen molar-refractivity contribution in [1.29, 1.82) is 0 Å². The number of amides is 2. The first-order valence-corrected chi connectivity index (χ1v) is 15.9. The SMILES string of the molecule is CC(C)I.CC(C)OCc1ccccc1NC(=O)c1cn(C)nc1C(F)(F)F.Cn1cc(C(=O)Nc2ccccc2CO)c(C(F)(F)F)n1. The standard InChI is InChI=1S/C16H18F3N3O2.C13H12F3N3O2.C3H7I/c1-10(2)24-9-11-6-4-5-7-13(11)20-15(23)12-8-22(3)21-14(12)16(17,18)19;1-19-6-9(11(18-19)13(14,15)16)12(21)17-10-5-3-2-4-8(10)7-20;1-3(2)4/h4-8,10H,9H2,1-3H3,(H,20,23);2-6,20H,7H2,1H3,(H,17,21);3H,1-2H3. The van der Waals surface area contributed by atoms with Crippen molar-refractivity contribution in [3.8, 4) is 0 Å². The van der Waals surface area contributed by atoms with E-state index < -0.39 is 46.7 Å². The summed E-state index contributed by atoms with van der Waals surface area (Å²) in [5.74, 6) is -1.80. The summed E-state index contributed by atoms with van der Waals surface area (Å²) in [6, 6.07) is 13.1. The first-order chi connectivity index (χ1) is 22.7. The molecular weight excluding hydrogens is 773 g/mol. The molecule has 3 N–H and O–H groups in total. The third kappa shape index (κ3) is 13.1. The number of carbonyl (C=O) groups excluding carboxylic acids is 2. The number of ether oxygens (including phenoxy) is 1. The van der Waals surface area contributed by atoms with Crippen LogP contribution >= 0.6 is 22.6 Å². The molecule has 49 heavy (non-hydrogen) atoms. The van der Waals surface area contributed by atoms with Crippen LogP contribution < -0.4 is 10.6 Å². The molecule has 0 aliphatic carbocycles. The molecule has 10 nitrogen and oxygen atoms in total. The third-order valence-electron chi connectivity index (χ3n) is 5.96. The smallest absolute Gasteiger partial charge is 0.392 e. The quantitative estimate of drug-likeness (QED) is 0.0957. The van der Waals surface area contributed by atoms with Gasteiger partial charge in [0.2, 0.25) is 0 Å². The molecule has 0 unspecified atom stereocenters. The van der Waals surface area contributed by atoms with Gasteiger partial charge in [0.1, 0.15) is 0 Å². The highest BCUT2D eigenvalue weighted by molar-refractivity contribution is 14.1. The molecule has 4 aromatic rings. The molecule has 2 aromatic carbocycles. The Morgan fingerprint density at radius 3 is 1.51 bits per heavy atom. The fourth-order valence-corrected chi connectivity index (χ4v) is 3.91. The van der Waals surface area contributed by atoms with Gasteiger partial charge in [-0.1, -0.05) is 72.8 Å². The lowest BCUT2D eigenvalue weighted by Crippen LogP contribution is -2.18. The highest BCUT2D eigenvalue weighted by atomic mass is 127. The zero-order valence-electron chi connectivity index (χ0n) is 27.4. The molecular formula is C32H37F6IN6O4. The molecule has 0 radical (unpaired) electrons. The van der Waals surface area contributed by atoms with Crippen molar-refractivity contribution in [3.63, 3.8) is 0 Å². The van der Waals surface area contributed by atoms with E-state index in [4.69, 9.17) is 9.84 Å². The number of aliphatic hydroxyl groups is 1. The molecule has 0 aliphatic rings. The van der Waals surface area contributed by atoms with Crippen molar-refractivity contribution in [2.75, 3.05) is 10.6 Å². The van der Waals surface area contributed by atoms with Gasteiger partial charge in [-0.2, -0.15) is 36.5 Å². The van der Waals surface area contributed by atoms with Gasteiger partial charge in [-0.25, -0.2) is 0 Å². The number of aliphatic hydroxyl groups excluding tert-OH is 1. The Bertz CT molecular complexity index is 1680. The minimum absolute atomic E-state index is 0.0103. The molecule has 4 rings (SSSR count). The predicted octanol–water partition coefficient (Wildman–Crippen LogP) is 7.63. The van der Waals surface area contributed by atoms with Crippen LogP contribution in [0.15, 0.2) is 60.9 Å². The second-order valence-electron chi connectivity index (χ2n) is 10.9. The van der Waals surface area contributed by atoms with Crippen LogP contribution in [0.25, 0.3) is 0 Å². The van der Waals surface area contributed by atoms with Gasteiger partial charge in [0.15, 0.2) is 11.4 Å². The van der Waals surface area contributed by atoms with Gasteiger partial charge in [-0.3, -0.25) is 19.0 Å². The van der Waals surface area contributed by atoms with E-state index in [1.54, 1.807) is 42.5 Å². The highest BCUT2D eigenvalue weighted by Crippen LogP contribution is 2.32. The van der Waals surface area contributed by atoms with Crippen LogP contribution in [0, 0.1) is 0 Å². The lowest BCUT2D eigenvalue weighted by molar-refractivity contribution is -0.142. The van der Waals surface area contributed by atoms with E-state index in [0.29, 0.717) is 16.8 Å². The molecule has 0 saturated heterocycles. The van der Waals surface area contributed by atoms with Gasteiger partial charge in [0, 0.05) is 52.9 Å². The number of aromatic nitrogens is 4. The summed E-state index contributed by atoms with van der Waals surface area (Å²) in [5.41, 5.74) is -1.81. The lowest BCUT2D eigenvalue weighted by atomic mass is 10.1. The highest BCUT2D eigenvalue weighted by Gasteiger charge is 2.40. The van der Waals surface area contributed by atoms with E-state index in [9.17, 15) is 35.9 Å². The maximum absolute atomic E-state index is 13.0. The number of hydrogen-bond acceptors (Lipinski definition) is 6. The zero-order valence-corrected chi connectivity index (χ0v) is 29.6. The monoisotopic (exact) mass is 810 g/mol. The third-order valence-corrected chi connectivity index (χ3v) is 5.96. The van der Waals surface area contributed by atoms with Gasteiger partial charge in [0.05, 0.1) is 30.4 Å². The molecule has 17 heteroatoms. The van der Waals surface area contributed by atoms with E-state index in [1.165, 1.54) is 20.2 Å². The number of alkyl halides is 7. The van der Waals surface area contributed by atoms with E-state index in [2.05, 4.69) is 57.3 Å². The van der Waals surface area contributed by atoms with Crippen molar-refractivity contribution in [3.05, 3.63) is 94.6 Å². The number of para-hydroxylation sites is 2. The minimum atomic E-state index is -4.72. The van der Waals surface area contributed by atoms with E-state index >= 15 is 0 Å². The lowest BCUT2D eigenvalue weighted by Gasteiger charge is -2.13. The average molecular weight is 811 g/mol. The van der Waals surface area contributed by atoms with Crippen LogP contribution in [0.3, 0.4) is 0 Å². The molecule has 0 fully saturated rings. The summed E-state index contributed by atoms with van der Waals surface area (Å²) in [6.45, 7) is 7.95. The van der Waals surface area contributed by atoms with Crippen LogP contribution in [0.4, 0.5) is 37.7 Å². The topological polar surface area (TPSA) is 123 Å². The van der Waals surface area contributed by atoms with Crippen molar-refractivity contribution in [2.24, 2.45) is 14.1 Å². The van der Waals surface area contributed by atoms with Crippen molar-refractivity contribution >= 4 is 45.8 Å². The van der Waals surface area contributed by atoms with Gasteiger partial charge >= 0.3 is 12.4 Å². The number of nitrogens with one attached hydrogen (secondary N) is 2. The Morgan fingerprint density at radius 2 is 1.14 bits per heavy atom. The molecule has 2 amide bonds. The van der Waals surface area contributed by atoms with Gasteiger partial charge in [0.25, 0.3) is 11.8 Å². The molecule has 0 atom stereocenters. The average Bonchev–Trinajstić information content (AvgIpc) is 3.60. The van der Waals surface area contributed by atoms with E-state index in [1.807, 2.05) is 13.8 Å². The molecule has 0 bridgehead atoms. The van der Waals surface area contributed by atoms with Crippen molar-refractivity contribution < 1.29 is 45.8 Å². The molecule has 2 aromatic heterocycles. The molecule has 0 spiro atoms. The summed E-state index contributed by atoms with van der Waals surface area (Å²) in [6.07, 6.45) is -7.38. The number of halogens is 7. The largest absolute Gasteiger partial charge is 0.435 e. The molecule has 2 heterocycles. The zero-order chi connectivity index (χ0) is 37.1. The predicted molar refractivity (Wildman–Crippen MR) is 180 cm³/mol. The Morgan fingerprint density at radius 1 is 0.776 bits per heavy atom. The summed E-state index contributed by atoms with van der Waals surface area (Å²) in [4.78, 5) is 24.3. The Balaban J connectivity index is 0.000000309. The Kier molecular flexibility index (Phi) is 15.3. The second-order valence-corrected chi connectivity index (χ2v) is 13.4. The van der Waals surface area contributed by atoms with E-state index in [0.717, 1.165) is 25.7 Å². The number of rotatable bonds is 8. The molecule has 0 saturated carbocycles. The number of nitrogens with zero attached hydrogens (tertiary/aromatic N) is 4. The van der Waals surface area contributed by atoms with Crippen LogP contribution in [0.1, 0.15) is 70.9 Å². The molecule has 268 valence electrons. The number of benzene rings is 2. The fraction of sp³-hybridized carbons (Fsp3) is 0.375. The fourth-order valence-electron chi connectivity index (χ4n) is 3.91.